The van der Waals surface area contributed by atoms with Crippen molar-refractivity contribution in [3.05, 3.63) is 112 Å². The highest BCUT2D eigenvalue weighted by atomic mass is 35.5. The smallest absolute Gasteiger partial charge is 0.292 e. The molecule has 1 amide bonds. The number of anilines is 1. The fourth-order valence-corrected chi connectivity index (χ4v) is 3.98. The maximum Gasteiger partial charge on any atom is 0.292 e. The first kappa shape index (κ1) is 22.1. The third-order valence-electron chi connectivity index (χ3n) is 5.22. The zero-order valence-corrected chi connectivity index (χ0v) is 19.4. The van der Waals surface area contributed by atoms with Crippen LogP contribution in [0, 0.1) is 0 Å². The average Bonchev–Trinajstić information content (AvgIpc) is 3.49. The van der Waals surface area contributed by atoms with Crippen LogP contribution in [-0.4, -0.2) is 15.7 Å². The van der Waals surface area contributed by atoms with Crippen molar-refractivity contribution in [2.24, 2.45) is 0 Å². The van der Waals surface area contributed by atoms with Crippen LogP contribution >= 0.6 is 23.2 Å². The highest BCUT2D eigenvalue weighted by Gasteiger charge is 2.14. The molecule has 2 aromatic heterocycles. The standard InChI is InChI=1S/C26H19Cl2N3O3/c27-20-7-5-19(23(28)14-20)15-31-12-11-25(30-31)29-26(32)24-10-9-22(34-24)16-33-21-8-6-17-3-1-2-4-18(17)13-21/h1-14H,15-16H2,(H,29,30,32). The molecule has 6 nitrogen and oxygen atoms in total. The Morgan fingerprint density at radius 1 is 0.971 bits per heavy atom. The molecule has 0 atom stereocenters. The van der Waals surface area contributed by atoms with Crippen LogP contribution in [0.4, 0.5) is 5.82 Å². The molecule has 5 rings (SSSR count). The van der Waals surface area contributed by atoms with Gasteiger partial charge in [0.1, 0.15) is 18.1 Å². The second-order valence-corrected chi connectivity index (χ2v) is 8.50. The van der Waals surface area contributed by atoms with E-state index < -0.39 is 5.91 Å². The average molecular weight is 492 g/mol. The largest absolute Gasteiger partial charge is 0.486 e. The minimum atomic E-state index is -0.397. The molecule has 0 spiro atoms. The van der Waals surface area contributed by atoms with Gasteiger partial charge >= 0.3 is 0 Å². The van der Waals surface area contributed by atoms with Gasteiger partial charge in [0.05, 0.1) is 6.54 Å². The van der Waals surface area contributed by atoms with E-state index in [2.05, 4.69) is 10.4 Å². The van der Waals surface area contributed by atoms with Gasteiger partial charge in [-0.2, -0.15) is 5.10 Å². The third kappa shape index (κ3) is 5.09. The molecule has 0 aliphatic heterocycles. The summed E-state index contributed by atoms with van der Waals surface area (Å²) in [6, 6.07) is 24.3. The van der Waals surface area contributed by atoms with Gasteiger partial charge < -0.3 is 14.5 Å². The van der Waals surface area contributed by atoms with E-state index >= 15 is 0 Å². The Hall–Kier alpha value is -3.74. The van der Waals surface area contributed by atoms with Gasteiger partial charge in [0.15, 0.2) is 11.6 Å². The fourth-order valence-electron chi connectivity index (χ4n) is 3.51. The number of nitrogens with one attached hydrogen (secondary N) is 1. The van der Waals surface area contributed by atoms with Crippen molar-refractivity contribution in [2.45, 2.75) is 13.2 Å². The Labute approximate surface area is 205 Å². The zero-order valence-electron chi connectivity index (χ0n) is 17.9. The quantitative estimate of drug-likeness (QED) is 0.271. The van der Waals surface area contributed by atoms with E-state index in [4.69, 9.17) is 32.4 Å². The summed E-state index contributed by atoms with van der Waals surface area (Å²) in [4.78, 5) is 12.6. The van der Waals surface area contributed by atoms with Gasteiger partial charge in [-0.15, -0.1) is 0 Å². The molecule has 0 fully saturated rings. The van der Waals surface area contributed by atoms with E-state index in [0.29, 0.717) is 28.2 Å². The highest BCUT2D eigenvalue weighted by Crippen LogP contribution is 2.23. The lowest BCUT2D eigenvalue weighted by Crippen LogP contribution is -2.12. The second-order valence-electron chi connectivity index (χ2n) is 7.65. The summed E-state index contributed by atoms with van der Waals surface area (Å²) in [7, 11) is 0. The van der Waals surface area contributed by atoms with Gasteiger partial charge in [-0.3, -0.25) is 9.48 Å². The predicted octanol–water partition coefficient (Wildman–Crippen LogP) is 6.82. The van der Waals surface area contributed by atoms with Crippen LogP contribution in [0.15, 0.2) is 89.5 Å². The van der Waals surface area contributed by atoms with Crippen LogP contribution in [0.2, 0.25) is 10.0 Å². The summed E-state index contributed by atoms with van der Waals surface area (Å²) >= 11 is 12.2. The van der Waals surface area contributed by atoms with Gasteiger partial charge in [-0.1, -0.05) is 59.6 Å². The summed E-state index contributed by atoms with van der Waals surface area (Å²) < 4.78 is 13.2. The number of benzene rings is 3. The van der Waals surface area contributed by atoms with Crippen LogP contribution in [-0.2, 0) is 13.2 Å². The van der Waals surface area contributed by atoms with Crippen molar-refractivity contribution in [3.63, 3.8) is 0 Å². The van der Waals surface area contributed by atoms with E-state index in [1.54, 1.807) is 41.2 Å². The molecule has 0 saturated heterocycles. The molecule has 0 unspecified atom stereocenters. The maximum absolute atomic E-state index is 12.6. The number of hydrogen-bond donors (Lipinski definition) is 1. The van der Waals surface area contributed by atoms with E-state index in [0.717, 1.165) is 22.1 Å². The number of carbonyl (C=O) groups excluding carboxylic acids is 1. The topological polar surface area (TPSA) is 69.3 Å². The molecule has 34 heavy (non-hydrogen) atoms. The first-order chi connectivity index (χ1) is 16.5. The molecular weight excluding hydrogens is 473 g/mol. The molecule has 0 saturated carbocycles. The number of halogens is 2. The van der Waals surface area contributed by atoms with E-state index in [-0.39, 0.29) is 12.4 Å². The minimum Gasteiger partial charge on any atom is -0.486 e. The van der Waals surface area contributed by atoms with E-state index in [1.807, 2.05) is 48.5 Å². The molecular formula is C26H19Cl2N3O3. The third-order valence-corrected chi connectivity index (χ3v) is 5.80. The Bertz CT molecular complexity index is 1480. The first-order valence-corrected chi connectivity index (χ1v) is 11.3. The zero-order chi connectivity index (χ0) is 23.5. The first-order valence-electron chi connectivity index (χ1n) is 10.5. The van der Waals surface area contributed by atoms with Crippen LogP contribution in [0.5, 0.6) is 5.75 Å². The van der Waals surface area contributed by atoms with Crippen LogP contribution in [0.3, 0.4) is 0 Å². The summed E-state index contributed by atoms with van der Waals surface area (Å²) in [5.74, 6) is 1.45. The van der Waals surface area contributed by atoms with Crippen molar-refractivity contribution in [2.75, 3.05) is 5.32 Å². The molecule has 170 valence electrons. The number of rotatable bonds is 7. The van der Waals surface area contributed by atoms with Gasteiger partial charge in [0.2, 0.25) is 0 Å². The van der Waals surface area contributed by atoms with Crippen molar-refractivity contribution < 1.29 is 13.9 Å². The number of carbonyl (C=O) groups is 1. The number of furan rings is 1. The molecule has 0 radical (unpaired) electrons. The monoisotopic (exact) mass is 491 g/mol. The summed E-state index contributed by atoms with van der Waals surface area (Å²) in [5.41, 5.74) is 0.870. The molecule has 5 aromatic rings. The minimum absolute atomic E-state index is 0.174. The Kier molecular flexibility index (Phi) is 6.25. The van der Waals surface area contributed by atoms with Crippen LogP contribution < -0.4 is 10.1 Å². The van der Waals surface area contributed by atoms with Crippen molar-refractivity contribution in [1.82, 2.24) is 9.78 Å². The molecule has 3 aromatic carbocycles. The van der Waals surface area contributed by atoms with Crippen LogP contribution in [0.25, 0.3) is 10.8 Å². The SMILES string of the molecule is O=C(Nc1ccn(Cc2ccc(Cl)cc2Cl)n1)c1ccc(COc2ccc3ccccc3c2)o1. The van der Waals surface area contributed by atoms with Gasteiger partial charge in [0, 0.05) is 22.3 Å². The van der Waals surface area contributed by atoms with Crippen molar-refractivity contribution >= 4 is 45.7 Å². The molecule has 1 N–H and O–H groups in total. The fraction of sp³-hybridized carbons (Fsp3) is 0.0769. The summed E-state index contributed by atoms with van der Waals surface area (Å²) in [5, 5.41) is 10.5. The lowest BCUT2D eigenvalue weighted by Gasteiger charge is -2.06. The predicted molar refractivity (Wildman–Crippen MR) is 133 cm³/mol. The molecule has 0 bridgehead atoms. The molecule has 0 aliphatic carbocycles. The number of nitrogens with zero attached hydrogens (tertiary/aromatic N) is 2. The number of amides is 1. The van der Waals surface area contributed by atoms with Gasteiger partial charge in [-0.25, -0.2) is 0 Å². The highest BCUT2D eigenvalue weighted by molar-refractivity contribution is 6.35. The number of aromatic nitrogens is 2. The lowest BCUT2D eigenvalue weighted by atomic mass is 10.1. The Morgan fingerprint density at radius 2 is 1.82 bits per heavy atom. The van der Waals surface area contributed by atoms with E-state index in [1.165, 1.54) is 0 Å². The van der Waals surface area contributed by atoms with Gasteiger partial charge in [-0.05, 0) is 52.7 Å². The molecule has 0 aliphatic rings. The normalized spacial score (nSPS) is 11.0. The lowest BCUT2D eigenvalue weighted by molar-refractivity contribution is 0.0992. The number of ether oxygens (including phenoxy) is 1. The Balaban J connectivity index is 1.18. The molecule has 8 heteroatoms. The maximum atomic E-state index is 12.6. The van der Waals surface area contributed by atoms with E-state index in [9.17, 15) is 4.79 Å². The Morgan fingerprint density at radius 3 is 2.68 bits per heavy atom. The second kappa shape index (κ2) is 9.63. The summed E-state index contributed by atoms with van der Waals surface area (Å²) in [6.45, 7) is 0.658. The summed E-state index contributed by atoms with van der Waals surface area (Å²) in [6.07, 6.45) is 1.76. The van der Waals surface area contributed by atoms with Crippen LogP contribution in [0.1, 0.15) is 21.9 Å². The van der Waals surface area contributed by atoms with Gasteiger partial charge in [0.25, 0.3) is 5.91 Å². The van der Waals surface area contributed by atoms with Crippen molar-refractivity contribution in [1.29, 1.82) is 0 Å². The number of hydrogen-bond acceptors (Lipinski definition) is 4. The number of fused-ring (bicyclic) bond motifs is 1. The molecule has 2 heterocycles. The van der Waals surface area contributed by atoms with Crippen molar-refractivity contribution in [3.8, 4) is 5.75 Å².